The predicted octanol–water partition coefficient (Wildman–Crippen LogP) is 3.61. The van der Waals surface area contributed by atoms with Crippen LogP contribution in [0.3, 0.4) is 0 Å². The predicted molar refractivity (Wildman–Crippen MR) is 46.7 cm³/mol. The first kappa shape index (κ1) is 9.51. The molecule has 1 heterocycles. The fourth-order valence-electron chi connectivity index (χ4n) is 1.16. The molecule has 0 bridgehead atoms. The molecule has 2 aromatic rings. The molecule has 0 aliphatic rings. The van der Waals surface area contributed by atoms with Gasteiger partial charge in [-0.05, 0) is 28.1 Å². The summed E-state index contributed by atoms with van der Waals surface area (Å²) in [4.78, 5) is 0. The smallest absolute Gasteiger partial charge is 0.348 e. The van der Waals surface area contributed by atoms with E-state index in [-0.39, 0.29) is 10.2 Å². The lowest BCUT2D eigenvalue weighted by Crippen LogP contribution is -2.05. The molecule has 2 nitrogen and oxygen atoms in total. The third kappa shape index (κ3) is 1.39. The second kappa shape index (κ2) is 2.98. The second-order valence-corrected chi connectivity index (χ2v) is 3.38. The Morgan fingerprint density at radius 1 is 1.29 bits per heavy atom. The molecule has 14 heavy (non-hydrogen) atoms. The van der Waals surface area contributed by atoms with Crippen LogP contribution in [-0.2, 0) is 6.18 Å². The SMILES string of the molecule is FC(F)(F)c1cccc2c(Br)onc12. The summed E-state index contributed by atoms with van der Waals surface area (Å²) in [6.07, 6.45) is -4.41. The molecule has 0 radical (unpaired) electrons. The Kier molecular flexibility index (Phi) is 2.02. The fourth-order valence-corrected chi connectivity index (χ4v) is 1.56. The Morgan fingerprint density at radius 2 is 2.00 bits per heavy atom. The van der Waals surface area contributed by atoms with E-state index < -0.39 is 11.7 Å². The molecule has 0 spiro atoms. The number of hydrogen-bond acceptors (Lipinski definition) is 2. The minimum atomic E-state index is -4.41. The summed E-state index contributed by atoms with van der Waals surface area (Å²) >= 11 is 2.97. The van der Waals surface area contributed by atoms with Crippen molar-refractivity contribution in [2.24, 2.45) is 0 Å². The zero-order valence-electron chi connectivity index (χ0n) is 6.60. The largest absolute Gasteiger partial charge is 0.418 e. The van der Waals surface area contributed by atoms with Crippen molar-refractivity contribution in [1.82, 2.24) is 5.16 Å². The van der Waals surface area contributed by atoms with E-state index in [1.807, 2.05) is 0 Å². The Hall–Kier alpha value is -1.04. The van der Waals surface area contributed by atoms with Gasteiger partial charge in [-0.15, -0.1) is 0 Å². The average Bonchev–Trinajstić information content (AvgIpc) is 2.46. The number of alkyl halides is 3. The van der Waals surface area contributed by atoms with E-state index in [9.17, 15) is 13.2 Å². The van der Waals surface area contributed by atoms with Crippen LogP contribution in [0.4, 0.5) is 13.2 Å². The molecule has 1 aromatic heterocycles. The van der Waals surface area contributed by atoms with Gasteiger partial charge in [0.1, 0.15) is 5.52 Å². The Bertz CT molecular complexity index is 477. The lowest BCUT2D eigenvalue weighted by molar-refractivity contribution is -0.136. The number of halogens is 4. The quantitative estimate of drug-likeness (QED) is 0.728. The van der Waals surface area contributed by atoms with Crippen molar-refractivity contribution < 1.29 is 17.7 Å². The molecule has 1 aromatic carbocycles. The lowest BCUT2D eigenvalue weighted by Gasteiger charge is -2.05. The van der Waals surface area contributed by atoms with Crippen LogP contribution in [-0.4, -0.2) is 5.16 Å². The van der Waals surface area contributed by atoms with Crippen molar-refractivity contribution >= 4 is 26.8 Å². The minimum Gasteiger partial charge on any atom is -0.348 e. The highest BCUT2D eigenvalue weighted by molar-refractivity contribution is 9.10. The van der Waals surface area contributed by atoms with Crippen molar-refractivity contribution in [3.8, 4) is 0 Å². The maximum absolute atomic E-state index is 12.4. The third-order valence-corrected chi connectivity index (χ3v) is 2.34. The Labute approximate surface area is 84.8 Å². The zero-order chi connectivity index (χ0) is 10.3. The maximum atomic E-state index is 12.4. The molecule has 0 amide bonds. The lowest BCUT2D eigenvalue weighted by atomic mass is 10.1. The summed E-state index contributed by atoms with van der Waals surface area (Å²) in [5.74, 6) is 0. The molecule has 0 aliphatic carbocycles. The Balaban J connectivity index is 2.79. The highest BCUT2D eigenvalue weighted by Crippen LogP contribution is 2.36. The van der Waals surface area contributed by atoms with Gasteiger partial charge in [-0.1, -0.05) is 11.2 Å². The van der Waals surface area contributed by atoms with Gasteiger partial charge in [-0.3, -0.25) is 0 Å². The van der Waals surface area contributed by atoms with Crippen molar-refractivity contribution in [1.29, 1.82) is 0 Å². The summed E-state index contributed by atoms with van der Waals surface area (Å²) in [5, 5.41) is 3.66. The normalized spacial score (nSPS) is 12.3. The number of aromatic nitrogens is 1. The molecule has 0 unspecified atom stereocenters. The second-order valence-electron chi connectivity index (χ2n) is 2.66. The van der Waals surface area contributed by atoms with E-state index in [4.69, 9.17) is 0 Å². The van der Waals surface area contributed by atoms with Crippen molar-refractivity contribution in [2.45, 2.75) is 6.18 Å². The monoisotopic (exact) mass is 265 g/mol. The summed E-state index contributed by atoms with van der Waals surface area (Å²) < 4.78 is 42.1. The van der Waals surface area contributed by atoms with Gasteiger partial charge in [0.2, 0.25) is 4.67 Å². The van der Waals surface area contributed by atoms with Crippen LogP contribution in [0.15, 0.2) is 27.4 Å². The van der Waals surface area contributed by atoms with Crippen LogP contribution in [0.5, 0.6) is 0 Å². The molecule has 2 rings (SSSR count). The zero-order valence-corrected chi connectivity index (χ0v) is 8.19. The summed E-state index contributed by atoms with van der Waals surface area (Å²) in [6.45, 7) is 0. The molecular formula is C8H3BrF3NO. The molecule has 74 valence electrons. The minimum absolute atomic E-state index is 0.174. The highest BCUT2D eigenvalue weighted by atomic mass is 79.9. The van der Waals surface area contributed by atoms with Crippen LogP contribution in [0.1, 0.15) is 5.56 Å². The van der Waals surface area contributed by atoms with E-state index >= 15 is 0 Å². The standard InChI is InChI=1S/C8H3BrF3NO/c9-7-4-2-1-3-5(8(10,11)12)6(4)13-14-7/h1-3H. The number of benzene rings is 1. The van der Waals surface area contributed by atoms with E-state index in [0.29, 0.717) is 5.39 Å². The van der Waals surface area contributed by atoms with Gasteiger partial charge < -0.3 is 4.52 Å². The van der Waals surface area contributed by atoms with Gasteiger partial charge in [0, 0.05) is 0 Å². The van der Waals surface area contributed by atoms with E-state index in [1.165, 1.54) is 12.1 Å². The topological polar surface area (TPSA) is 26.0 Å². The molecular weight excluding hydrogens is 263 g/mol. The van der Waals surface area contributed by atoms with Gasteiger partial charge in [-0.2, -0.15) is 13.2 Å². The van der Waals surface area contributed by atoms with Gasteiger partial charge >= 0.3 is 6.18 Å². The van der Waals surface area contributed by atoms with Crippen molar-refractivity contribution in [3.05, 3.63) is 28.4 Å². The van der Waals surface area contributed by atoms with Crippen LogP contribution in [0, 0.1) is 0 Å². The molecule has 0 atom stereocenters. The van der Waals surface area contributed by atoms with Gasteiger partial charge in [0.25, 0.3) is 0 Å². The van der Waals surface area contributed by atoms with Gasteiger partial charge in [0.15, 0.2) is 0 Å². The molecule has 0 saturated heterocycles. The molecule has 0 saturated carbocycles. The van der Waals surface area contributed by atoms with Gasteiger partial charge in [0.05, 0.1) is 10.9 Å². The fraction of sp³-hybridized carbons (Fsp3) is 0.125. The molecule has 0 N–H and O–H groups in total. The molecule has 0 fully saturated rings. The molecule has 0 aliphatic heterocycles. The molecule has 6 heteroatoms. The summed E-state index contributed by atoms with van der Waals surface area (Å²) in [5.41, 5.74) is -0.962. The third-order valence-electron chi connectivity index (χ3n) is 1.77. The van der Waals surface area contributed by atoms with Crippen LogP contribution >= 0.6 is 15.9 Å². The van der Waals surface area contributed by atoms with Crippen molar-refractivity contribution in [2.75, 3.05) is 0 Å². The van der Waals surface area contributed by atoms with E-state index in [0.717, 1.165) is 6.07 Å². The number of hydrogen-bond donors (Lipinski definition) is 0. The summed E-state index contributed by atoms with van der Waals surface area (Å²) in [6, 6.07) is 3.79. The van der Waals surface area contributed by atoms with Crippen molar-refractivity contribution in [3.63, 3.8) is 0 Å². The number of nitrogens with zero attached hydrogens (tertiary/aromatic N) is 1. The average molecular weight is 266 g/mol. The Morgan fingerprint density at radius 3 is 2.64 bits per heavy atom. The van der Waals surface area contributed by atoms with Crippen LogP contribution in [0.2, 0.25) is 0 Å². The maximum Gasteiger partial charge on any atom is 0.418 e. The van der Waals surface area contributed by atoms with E-state index in [2.05, 4.69) is 25.6 Å². The first-order chi connectivity index (χ1) is 6.50. The highest BCUT2D eigenvalue weighted by Gasteiger charge is 2.34. The van der Waals surface area contributed by atoms with Gasteiger partial charge in [-0.25, -0.2) is 0 Å². The van der Waals surface area contributed by atoms with Crippen LogP contribution in [0.25, 0.3) is 10.9 Å². The van der Waals surface area contributed by atoms with E-state index in [1.54, 1.807) is 0 Å². The summed E-state index contributed by atoms with van der Waals surface area (Å²) in [7, 11) is 0. The van der Waals surface area contributed by atoms with Crippen LogP contribution < -0.4 is 0 Å². The first-order valence-electron chi connectivity index (χ1n) is 3.61. The number of fused-ring (bicyclic) bond motifs is 1. The number of rotatable bonds is 0. The first-order valence-corrected chi connectivity index (χ1v) is 4.40.